The van der Waals surface area contributed by atoms with E-state index in [0.717, 1.165) is 24.8 Å². The summed E-state index contributed by atoms with van der Waals surface area (Å²) in [5.41, 5.74) is 3.12. The monoisotopic (exact) mass is 437 g/mol. The normalized spacial score (nSPS) is 15.2. The Bertz CT molecular complexity index is 1100. The number of ether oxygens (including phenoxy) is 1. The molecule has 0 bridgehead atoms. The minimum absolute atomic E-state index is 0.0597. The number of nitrogens with one attached hydrogen (secondary N) is 1. The number of thioether (sulfide) groups is 1. The van der Waals surface area contributed by atoms with Gasteiger partial charge in [-0.15, -0.1) is 11.8 Å². The molecule has 1 N–H and O–H groups in total. The van der Waals surface area contributed by atoms with Crippen LogP contribution in [0.4, 0.5) is 0 Å². The van der Waals surface area contributed by atoms with Crippen LogP contribution in [0, 0.1) is 6.92 Å². The highest BCUT2D eigenvalue weighted by Crippen LogP contribution is 2.29. The van der Waals surface area contributed by atoms with Crippen LogP contribution in [0.2, 0.25) is 0 Å². The van der Waals surface area contributed by atoms with Gasteiger partial charge in [0.05, 0.1) is 18.0 Å². The summed E-state index contributed by atoms with van der Waals surface area (Å²) < 4.78 is 10.7. The molecule has 2 heterocycles. The molecule has 8 heteroatoms. The Hall–Kier alpha value is -3.13. The van der Waals surface area contributed by atoms with Crippen molar-refractivity contribution in [2.75, 3.05) is 12.9 Å². The van der Waals surface area contributed by atoms with Crippen LogP contribution in [-0.2, 0) is 16.0 Å². The van der Waals surface area contributed by atoms with Crippen molar-refractivity contribution in [3.05, 3.63) is 65.0 Å². The van der Waals surface area contributed by atoms with Crippen LogP contribution in [0.15, 0.2) is 52.1 Å². The van der Waals surface area contributed by atoms with Crippen molar-refractivity contribution in [2.24, 2.45) is 0 Å². The van der Waals surface area contributed by atoms with Crippen molar-refractivity contribution in [1.29, 1.82) is 0 Å². The van der Waals surface area contributed by atoms with Gasteiger partial charge in [0.1, 0.15) is 10.6 Å². The van der Waals surface area contributed by atoms with Gasteiger partial charge in [-0.25, -0.2) is 14.8 Å². The van der Waals surface area contributed by atoms with E-state index in [4.69, 9.17) is 9.15 Å². The zero-order valence-electron chi connectivity index (χ0n) is 17.4. The van der Waals surface area contributed by atoms with Crippen LogP contribution < -0.4 is 5.32 Å². The van der Waals surface area contributed by atoms with Gasteiger partial charge in [-0.3, -0.25) is 4.79 Å². The molecule has 0 radical (unpaired) electrons. The molecule has 1 unspecified atom stereocenters. The quantitative estimate of drug-likeness (QED) is 0.352. The van der Waals surface area contributed by atoms with E-state index in [9.17, 15) is 9.59 Å². The van der Waals surface area contributed by atoms with Crippen LogP contribution in [0.5, 0.6) is 0 Å². The first-order valence-electron chi connectivity index (χ1n) is 10.1. The second kappa shape index (κ2) is 9.34. The van der Waals surface area contributed by atoms with Gasteiger partial charge in [0.15, 0.2) is 18.2 Å². The Balaban J connectivity index is 1.43. The number of aromatic nitrogens is 2. The molecule has 1 aromatic carbocycles. The third-order valence-electron chi connectivity index (χ3n) is 5.23. The Kier molecular flexibility index (Phi) is 6.36. The third-order valence-corrected chi connectivity index (χ3v) is 5.92. The lowest BCUT2D eigenvalue weighted by Crippen LogP contribution is -2.34. The summed E-state index contributed by atoms with van der Waals surface area (Å²) in [6, 6.07) is 11.6. The number of carbonyl (C=O) groups is 2. The average Bonchev–Trinajstić information content (AvgIpc) is 3.32. The molecule has 1 aliphatic carbocycles. The number of aryl methyl sites for hydroxylation is 2. The molecule has 0 saturated heterocycles. The molecule has 2 aromatic heterocycles. The first kappa shape index (κ1) is 21.1. The molecule has 1 atom stereocenters. The van der Waals surface area contributed by atoms with Gasteiger partial charge < -0.3 is 14.5 Å². The minimum Gasteiger partial charge on any atom is -0.461 e. The summed E-state index contributed by atoms with van der Waals surface area (Å²) >= 11 is 1.31. The number of carbonyl (C=O) groups excluding carboxylic acids is 2. The number of hydrogen-bond acceptors (Lipinski definition) is 7. The Morgan fingerprint density at radius 2 is 2.06 bits per heavy atom. The fourth-order valence-electron chi connectivity index (χ4n) is 3.79. The minimum atomic E-state index is -0.618. The topological polar surface area (TPSA) is 94.3 Å². The third kappa shape index (κ3) is 4.64. The Morgan fingerprint density at radius 3 is 2.84 bits per heavy atom. The van der Waals surface area contributed by atoms with E-state index < -0.39 is 5.97 Å². The molecular formula is C23H23N3O4S. The van der Waals surface area contributed by atoms with E-state index in [1.807, 2.05) is 24.5 Å². The van der Waals surface area contributed by atoms with E-state index in [1.165, 1.54) is 23.6 Å². The fraction of sp³-hybridized carbons (Fsp3) is 0.304. The maximum absolute atomic E-state index is 12.7. The molecule has 7 nitrogen and oxygen atoms in total. The Labute approximate surface area is 184 Å². The zero-order valence-corrected chi connectivity index (χ0v) is 18.2. The van der Waals surface area contributed by atoms with Gasteiger partial charge in [-0.1, -0.05) is 24.3 Å². The van der Waals surface area contributed by atoms with Crippen LogP contribution in [0.1, 0.15) is 46.1 Å². The summed E-state index contributed by atoms with van der Waals surface area (Å²) in [7, 11) is 0. The van der Waals surface area contributed by atoms with Crippen molar-refractivity contribution in [1.82, 2.24) is 15.3 Å². The average molecular weight is 438 g/mol. The maximum atomic E-state index is 12.7. The van der Waals surface area contributed by atoms with Gasteiger partial charge in [0.25, 0.3) is 5.91 Å². The van der Waals surface area contributed by atoms with Gasteiger partial charge in [0.2, 0.25) is 0 Å². The predicted molar refractivity (Wildman–Crippen MR) is 117 cm³/mol. The van der Waals surface area contributed by atoms with Gasteiger partial charge in [-0.05, 0) is 55.7 Å². The number of furan rings is 1. The molecular weight excluding hydrogens is 414 g/mol. The molecule has 0 fully saturated rings. The molecule has 0 saturated carbocycles. The highest BCUT2D eigenvalue weighted by Gasteiger charge is 2.24. The fourth-order valence-corrected chi connectivity index (χ4v) is 4.40. The summed E-state index contributed by atoms with van der Waals surface area (Å²) in [4.78, 5) is 34.0. The SMILES string of the molecule is CSc1nc(-c2ccco2)nc(C)c1C(=O)OCC(=O)NC1CCCc2ccccc21. The molecule has 1 aliphatic rings. The van der Waals surface area contributed by atoms with E-state index in [-0.39, 0.29) is 24.1 Å². The lowest BCUT2D eigenvalue weighted by atomic mass is 9.88. The molecule has 0 aliphatic heterocycles. The van der Waals surface area contributed by atoms with Crippen molar-refractivity contribution in [2.45, 2.75) is 37.3 Å². The summed E-state index contributed by atoms with van der Waals surface area (Å²) in [6.07, 6.45) is 6.25. The molecule has 1 amide bonds. The molecule has 4 rings (SSSR count). The van der Waals surface area contributed by atoms with Crippen molar-refractivity contribution >= 4 is 23.6 Å². The number of benzene rings is 1. The van der Waals surface area contributed by atoms with Crippen LogP contribution in [-0.4, -0.2) is 34.7 Å². The second-order valence-electron chi connectivity index (χ2n) is 7.28. The lowest BCUT2D eigenvalue weighted by Gasteiger charge is -2.26. The second-order valence-corrected chi connectivity index (χ2v) is 8.08. The van der Waals surface area contributed by atoms with Crippen LogP contribution in [0.3, 0.4) is 0 Å². The number of nitrogens with zero attached hydrogens (tertiary/aromatic N) is 2. The van der Waals surface area contributed by atoms with E-state index in [2.05, 4.69) is 21.4 Å². The van der Waals surface area contributed by atoms with E-state index >= 15 is 0 Å². The van der Waals surface area contributed by atoms with Gasteiger partial charge in [0, 0.05) is 0 Å². The lowest BCUT2D eigenvalue weighted by molar-refractivity contribution is -0.125. The molecule has 160 valence electrons. The van der Waals surface area contributed by atoms with Crippen molar-refractivity contribution in [3.63, 3.8) is 0 Å². The number of fused-ring (bicyclic) bond motifs is 1. The summed E-state index contributed by atoms with van der Waals surface area (Å²) in [5.74, 6) is -0.0267. The first-order valence-corrected chi connectivity index (χ1v) is 11.3. The van der Waals surface area contributed by atoms with E-state index in [0.29, 0.717) is 22.3 Å². The predicted octanol–water partition coefficient (Wildman–Crippen LogP) is 4.12. The van der Waals surface area contributed by atoms with E-state index in [1.54, 1.807) is 19.1 Å². The summed E-state index contributed by atoms with van der Waals surface area (Å²) in [5, 5.41) is 3.47. The first-order chi connectivity index (χ1) is 15.1. The summed E-state index contributed by atoms with van der Waals surface area (Å²) in [6.45, 7) is 1.36. The van der Waals surface area contributed by atoms with Crippen molar-refractivity contribution in [3.8, 4) is 11.6 Å². The molecule has 3 aromatic rings. The van der Waals surface area contributed by atoms with Gasteiger partial charge >= 0.3 is 5.97 Å². The Morgan fingerprint density at radius 1 is 1.23 bits per heavy atom. The smallest absolute Gasteiger partial charge is 0.343 e. The number of amides is 1. The van der Waals surface area contributed by atoms with Crippen molar-refractivity contribution < 1.29 is 18.7 Å². The zero-order chi connectivity index (χ0) is 21.8. The molecule has 0 spiro atoms. The number of esters is 1. The number of rotatable bonds is 6. The largest absolute Gasteiger partial charge is 0.461 e. The van der Waals surface area contributed by atoms with Gasteiger partial charge in [-0.2, -0.15) is 0 Å². The van der Waals surface area contributed by atoms with Crippen LogP contribution in [0.25, 0.3) is 11.6 Å². The van der Waals surface area contributed by atoms with Crippen LogP contribution >= 0.6 is 11.8 Å². The molecule has 31 heavy (non-hydrogen) atoms. The number of hydrogen-bond donors (Lipinski definition) is 1. The maximum Gasteiger partial charge on any atom is 0.343 e. The highest BCUT2D eigenvalue weighted by atomic mass is 32.2. The highest BCUT2D eigenvalue weighted by molar-refractivity contribution is 7.98. The standard InChI is InChI=1S/C23H23N3O4S/c1-14-20(22(31-2)26-21(24-14)18-11-6-12-29-18)23(28)30-13-19(27)25-17-10-5-8-15-7-3-4-9-16(15)17/h3-4,6-7,9,11-12,17H,5,8,10,13H2,1-2H3,(H,25,27).